The fourth-order valence-corrected chi connectivity index (χ4v) is 3.51. The van der Waals surface area contributed by atoms with Crippen molar-refractivity contribution in [1.82, 2.24) is 0 Å². The molecular weight excluding hydrogens is 528 g/mol. The van der Waals surface area contributed by atoms with Crippen LogP contribution >= 0.6 is 0 Å². The summed E-state index contributed by atoms with van der Waals surface area (Å²) in [6.07, 6.45) is 0. The molecule has 2 aromatic carbocycles. The SMILES string of the molecule is COC(=O)CN(CC(=O)OC)c1ccc(C)cc1OCCOc1ccc(O)cc1N(CC(=O)OC)CC(=O)OC. The van der Waals surface area contributed by atoms with Gasteiger partial charge in [-0.25, -0.2) is 0 Å². The summed E-state index contributed by atoms with van der Waals surface area (Å²) in [7, 11) is 4.93. The van der Waals surface area contributed by atoms with Crippen molar-refractivity contribution in [1.29, 1.82) is 0 Å². The topological polar surface area (TPSA) is 150 Å². The highest BCUT2D eigenvalue weighted by Gasteiger charge is 2.22. The summed E-state index contributed by atoms with van der Waals surface area (Å²) in [5.74, 6) is -1.80. The molecule has 0 saturated carbocycles. The van der Waals surface area contributed by atoms with E-state index in [2.05, 4.69) is 0 Å². The lowest BCUT2D eigenvalue weighted by atomic mass is 10.2. The monoisotopic (exact) mass is 562 g/mol. The summed E-state index contributed by atoms with van der Waals surface area (Å²) < 4.78 is 30.8. The Bertz CT molecular complexity index is 1150. The molecule has 1 N–H and O–H groups in total. The second-order valence-electron chi connectivity index (χ2n) is 8.34. The molecular formula is C27H34N2O11. The minimum Gasteiger partial charge on any atom is -0.508 e. The molecule has 0 aliphatic rings. The molecule has 0 aliphatic carbocycles. The molecule has 0 heterocycles. The maximum Gasteiger partial charge on any atom is 0.325 e. The number of aromatic hydroxyl groups is 1. The zero-order chi connectivity index (χ0) is 29.7. The zero-order valence-electron chi connectivity index (χ0n) is 23.1. The molecule has 0 aliphatic heterocycles. The molecule has 0 saturated heterocycles. The van der Waals surface area contributed by atoms with Gasteiger partial charge in [0.05, 0.1) is 39.8 Å². The van der Waals surface area contributed by atoms with E-state index in [1.54, 1.807) is 18.2 Å². The van der Waals surface area contributed by atoms with Gasteiger partial charge in [-0.2, -0.15) is 0 Å². The highest BCUT2D eigenvalue weighted by Crippen LogP contribution is 2.33. The third kappa shape index (κ3) is 9.57. The van der Waals surface area contributed by atoms with Crippen molar-refractivity contribution < 1.29 is 52.7 Å². The highest BCUT2D eigenvalue weighted by atomic mass is 16.5. The highest BCUT2D eigenvalue weighted by molar-refractivity contribution is 5.83. The standard InChI is InChI=1S/C27H34N2O11/c1-18-6-8-20(28(14-24(31)35-2)15-25(32)36-3)23(12-18)40-11-10-39-22-9-7-19(30)13-21(22)29(16-26(33)37-4)17-27(34)38-5/h6-9,12-13,30H,10-11,14-17H2,1-5H3. The van der Waals surface area contributed by atoms with Crippen LogP contribution in [0.15, 0.2) is 36.4 Å². The van der Waals surface area contributed by atoms with Gasteiger partial charge in [0.15, 0.2) is 0 Å². The van der Waals surface area contributed by atoms with Crippen molar-refractivity contribution >= 4 is 35.3 Å². The minimum atomic E-state index is -0.614. The van der Waals surface area contributed by atoms with E-state index in [0.29, 0.717) is 11.4 Å². The van der Waals surface area contributed by atoms with Crippen LogP contribution in [0.4, 0.5) is 11.4 Å². The fraction of sp³-hybridized carbons (Fsp3) is 0.407. The molecule has 2 rings (SSSR count). The van der Waals surface area contributed by atoms with E-state index in [1.807, 2.05) is 6.92 Å². The molecule has 2 aromatic rings. The first kappa shape index (κ1) is 31.5. The number of phenolic OH excluding ortho intramolecular Hbond substituents is 1. The van der Waals surface area contributed by atoms with Crippen LogP contribution in [-0.4, -0.2) is 96.8 Å². The van der Waals surface area contributed by atoms with E-state index in [-0.39, 0.29) is 56.6 Å². The largest absolute Gasteiger partial charge is 0.508 e. The van der Waals surface area contributed by atoms with Crippen LogP contribution in [0, 0.1) is 6.92 Å². The molecule has 0 amide bonds. The molecule has 0 unspecified atom stereocenters. The smallest absolute Gasteiger partial charge is 0.325 e. The first-order chi connectivity index (χ1) is 19.1. The number of carbonyl (C=O) groups excluding carboxylic acids is 4. The van der Waals surface area contributed by atoms with Crippen LogP contribution in [0.5, 0.6) is 17.2 Å². The van der Waals surface area contributed by atoms with Crippen LogP contribution in [0.2, 0.25) is 0 Å². The number of esters is 4. The summed E-state index contributed by atoms with van der Waals surface area (Å²) in [5, 5.41) is 10.0. The van der Waals surface area contributed by atoms with Crippen LogP contribution < -0.4 is 19.3 Å². The predicted octanol–water partition coefficient (Wildman–Crippen LogP) is 1.46. The lowest BCUT2D eigenvalue weighted by molar-refractivity contribution is -0.141. The van der Waals surface area contributed by atoms with Gasteiger partial charge in [0, 0.05) is 6.07 Å². The molecule has 218 valence electrons. The van der Waals surface area contributed by atoms with Gasteiger partial charge < -0.3 is 43.3 Å². The van der Waals surface area contributed by atoms with Crippen molar-refractivity contribution in [3.63, 3.8) is 0 Å². The Morgan fingerprint density at radius 3 is 1.55 bits per heavy atom. The lowest BCUT2D eigenvalue weighted by Crippen LogP contribution is -2.36. The Balaban J connectivity index is 2.23. The van der Waals surface area contributed by atoms with Crippen LogP contribution in [0.3, 0.4) is 0 Å². The molecule has 0 atom stereocenters. The average Bonchev–Trinajstić information content (AvgIpc) is 2.94. The van der Waals surface area contributed by atoms with Crippen LogP contribution in [-0.2, 0) is 38.1 Å². The van der Waals surface area contributed by atoms with Crippen molar-refractivity contribution in [2.24, 2.45) is 0 Å². The summed E-state index contributed by atoms with van der Waals surface area (Å²) in [6, 6.07) is 9.49. The third-order valence-corrected chi connectivity index (χ3v) is 5.53. The molecule has 13 heteroatoms. The van der Waals surface area contributed by atoms with E-state index in [1.165, 1.54) is 56.4 Å². The first-order valence-corrected chi connectivity index (χ1v) is 12.1. The van der Waals surface area contributed by atoms with E-state index in [4.69, 9.17) is 28.4 Å². The van der Waals surface area contributed by atoms with E-state index < -0.39 is 23.9 Å². The predicted molar refractivity (Wildman–Crippen MR) is 143 cm³/mol. The number of carbonyl (C=O) groups is 4. The molecule has 0 bridgehead atoms. The Morgan fingerprint density at radius 2 is 1.07 bits per heavy atom. The summed E-state index contributed by atoms with van der Waals surface area (Å²) in [4.78, 5) is 50.7. The summed E-state index contributed by atoms with van der Waals surface area (Å²) >= 11 is 0. The van der Waals surface area contributed by atoms with E-state index >= 15 is 0 Å². The number of aryl methyl sites for hydroxylation is 1. The van der Waals surface area contributed by atoms with Crippen molar-refractivity contribution in [2.75, 3.05) is 77.6 Å². The Hall–Kier alpha value is -4.68. The van der Waals surface area contributed by atoms with Gasteiger partial charge >= 0.3 is 23.9 Å². The van der Waals surface area contributed by atoms with Crippen molar-refractivity contribution in [3.8, 4) is 17.2 Å². The van der Waals surface area contributed by atoms with E-state index in [9.17, 15) is 24.3 Å². The molecule has 0 radical (unpaired) electrons. The second-order valence-corrected chi connectivity index (χ2v) is 8.34. The van der Waals surface area contributed by atoms with Gasteiger partial charge in [-0.15, -0.1) is 0 Å². The van der Waals surface area contributed by atoms with Gasteiger partial charge in [0.2, 0.25) is 0 Å². The van der Waals surface area contributed by atoms with Gasteiger partial charge in [-0.3, -0.25) is 19.2 Å². The Kier molecular flexibility index (Phi) is 12.4. The van der Waals surface area contributed by atoms with Gasteiger partial charge in [-0.05, 0) is 36.8 Å². The number of benzene rings is 2. The first-order valence-electron chi connectivity index (χ1n) is 12.1. The molecule has 40 heavy (non-hydrogen) atoms. The van der Waals surface area contributed by atoms with Crippen LogP contribution in [0.25, 0.3) is 0 Å². The number of hydrogen-bond donors (Lipinski definition) is 1. The number of nitrogens with zero attached hydrogens (tertiary/aromatic N) is 2. The number of hydrogen-bond acceptors (Lipinski definition) is 13. The quantitative estimate of drug-likeness (QED) is 0.190. The molecule has 0 fully saturated rings. The zero-order valence-corrected chi connectivity index (χ0v) is 23.1. The number of rotatable bonds is 15. The van der Waals surface area contributed by atoms with Crippen molar-refractivity contribution in [3.05, 3.63) is 42.0 Å². The van der Waals surface area contributed by atoms with E-state index in [0.717, 1.165) is 5.56 Å². The summed E-state index contributed by atoms with van der Waals surface area (Å²) in [6.45, 7) is 0.884. The lowest BCUT2D eigenvalue weighted by Gasteiger charge is -2.26. The normalized spacial score (nSPS) is 10.2. The number of anilines is 2. The van der Waals surface area contributed by atoms with Gasteiger partial charge in [-0.1, -0.05) is 6.07 Å². The minimum absolute atomic E-state index is 0.0173. The van der Waals surface area contributed by atoms with Gasteiger partial charge in [0.25, 0.3) is 0 Å². The molecule has 0 spiro atoms. The number of phenols is 1. The molecule has 13 nitrogen and oxygen atoms in total. The maximum absolute atomic E-state index is 12.0. The fourth-order valence-electron chi connectivity index (χ4n) is 3.51. The number of methoxy groups -OCH3 is 4. The average molecular weight is 563 g/mol. The van der Waals surface area contributed by atoms with Gasteiger partial charge in [0.1, 0.15) is 56.6 Å². The third-order valence-electron chi connectivity index (χ3n) is 5.53. The number of ether oxygens (including phenoxy) is 6. The van der Waals surface area contributed by atoms with Crippen LogP contribution in [0.1, 0.15) is 5.56 Å². The second kappa shape index (κ2) is 15.7. The Morgan fingerprint density at radius 1 is 0.625 bits per heavy atom. The Labute approximate surface area is 232 Å². The maximum atomic E-state index is 12.0. The summed E-state index contributed by atoms with van der Waals surface area (Å²) in [5.41, 5.74) is 1.60. The molecule has 0 aromatic heterocycles. The van der Waals surface area contributed by atoms with Crippen molar-refractivity contribution in [2.45, 2.75) is 6.92 Å².